The first-order chi connectivity index (χ1) is 14.3. The van der Waals surface area contributed by atoms with Crippen molar-refractivity contribution in [1.82, 2.24) is 0 Å². The fraction of sp³-hybridized carbons (Fsp3) is 0.231. The van der Waals surface area contributed by atoms with Gasteiger partial charge in [0.15, 0.2) is 0 Å². The first-order valence-electron chi connectivity index (χ1n) is 10.2. The van der Waals surface area contributed by atoms with Crippen molar-refractivity contribution in [3.05, 3.63) is 82.9 Å². The van der Waals surface area contributed by atoms with E-state index in [0.717, 1.165) is 0 Å². The normalized spacial score (nSPS) is 11.2. The van der Waals surface area contributed by atoms with Gasteiger partial charge in [-0.25, -0.2) is 0 Å². The van der Waals surface area contributed by atoms with Crippen LogP contribution in [0.1, 0.15) is 22.3 Å². The predicted octanol–water partition coefficient (Wildman–Crippen LogP) is 7.38. The van der Waals surface area contributed by atoms with Crippen LogP contribution in [0.4, 0.5) is 0 Å². The predicted molar refractivity (Wildman–Crippen MR) is 134 cm³/mol. The standard InChI is InChI=1S/C26H28Si.2ClH.Zr/c1-17-18(2)20(4)26(19(17)3)27(5,6)25-16-24(21-12-8-7-9-13-21)22-14-10-11-15-23(22)25;;;/h7-16H,1-6H3;2*1H;/q-2;;;+4/p-2. The molecule has 0 saturated carbocycles. The van der Waals surface area contributed by atoms with Gasteiger partial charge in [-0.2, -0.15) is 27.4 Å². The summed E-state index contributed by atoms with van der Waals surface area (Å²) >= 11 is -0.826. The fourth-order valence-corrected chi connectivity index (χ4v) is 8.83. The van der Waals surface area contributed by atoms with E-state index in [1.54, 1.807) is 10.4 Å². The first kappa shape index (κ1) is 23.7. The van der Waals surface area contributed by atoms with Gasteiger partial charge in [0.1, 0.15) is 0 Å². The molecule has 0 aliphatic carbocycles. The molecule has 0 heterocycles. The molecule has 4 rings (SSSR count). The molecule has 0 bridgehead atoms. The van der Waals surface area contributed by atoms with E-state index in [-0.39, 0.29) is 0 Å². The molecule has 0 N–H and O–H groups in total. The summed E-state index contributed by atoms with van der Waals surface area (Å²) in [5.74, 6) is 0. The molecular weight excluding hydrogens is 503 g/mol. The van der Waals surface area contributed by atoms with Gasteiger partial charge in [-0.05, 0) is 0 Å². The van der Waals surface area contributed by atoms with E-state index in [1.165, 1.54) is 44.2 Å². The molecule has 0 spiro atoms. The summed E-state index contributed by atoms with van der Waals surface area (Å²) in [6, 6.07) is 22.3. The molecule has 0 nitrogen and oxygen atoms in total. The Morgan fingerprint density at radius 1 is 0.767 bits per heavy atom. The second kappa shape index (κ2) is 9.70. The van der Waals surface area contributed by atoms with Crippen molar-refractivity contribution in [3.63, 3.8) is 0 Å². The summed E-state index contributed by atoms with van der Waals surface area (Å²) < 4.78 is 0. The van der Waals surface area contributed by atoms with E-state index in [9.17, 15) is 0 Å². The number of fused-ring (bicyclic) bond motifs is 1. The van der Waals surface area contributed by atoms with Crippen LogP contribution in [-0.4, -0.2) is 8.07 Å². The zero-order chi connectivity index (χ0) is 22.1. The van der Waals surface area contributed by atoms with Crippen molar-refractivity contribution in [2.45, 2.75) is 40.8 Å². The molecule has 0 radical (unpaired) electrons. The van der Waals surface area contributed by atoms with E-state index in [2.05, 4.69) is 101 Å². The van der Waals surface area contributed by atoms with Crippen molar-refractivity contribution in [2.24, 2.45) is 0 Å². The van der Waals surface area contributed by atoms with Crippen molar-refractivity contribution in [3.8, 4) is 11.1 Å². The van der Waals surface area contributed by atoms with Crippen LogP contribution in [0, 0.1) is 27.7 Å². The van der Waals surface area contributed by atoms with Gasteiger partial charge in [0, 0.05) is 8.07 Å². The molecule has 4 aromatic carbocycles. The first-order valence-corrected chi connectivity index (χ1v) is 19.5. The molecule has 4 aromatic rings. The molecule has 0 amide bonds. The number of benzene rings is 2. The zero-order valence-electron chi connectivity index (χ0n) is 18.5. The SMILES string of the molecule is Cc1c(C)c(C)[c-]([Si](C)(C)[c-]2cc(-c3ccccc3)c3ccccc32)c1C.[Cl][Zr+2][Cl]. The van der Waals surface area contributed by atoms with Crippen molar-refractivity contribution < 1.29 is 20.8 Å². The number of rotatable bonds is 3. The van der Waals surface area contributed by atoms with E-state index in [0.29, 0.717) is 0 Å². The van der Waals surface area contributed by atoms with Crippen molar-refractivity contribution >= 4 is 46.2 Å². The quantitative estimate of drug-likeness (QED) is 0.192. The van der Waals surface area contributed by atoms with Gasteiger partial charge < -0.3 is 0 Å². The molecule has 4 heteroatoms. The van der Waals surface area contributed by atoms with Crippen LogP contribution in [0.15, 0.2) is 60.7 Å². The maximum atomic E-state index is 4.93. The summed E-state index contributed by atoms with van der Waals surface area (Å²) in [7, 11) is 8.04. The maximum absolute atomic E-state index is 4.93. The minimum atomic E-state index is -1.83. The number of halogens is 2. The third kappa shape index (κ3) is 4.22. The average Bonchev–Trinajstić information content (AvgIpc) is 3.22. The number of hydrogen-bond donors (Lipinski definition) is 0. The van der Waals surface area contributed by atoms with Crippen LogP contribution in [0.2, 0.25) is 13.1 Å². The Kier molecular flexibility index (Phi) is 7.67. The third-order valence-electron chi connectivity index (χ3n) is 6.62. The molecule has 0 atom stereocenters. The Bertz CT molecular complexity index is 1130. The Morgan fingerprint density at radius 2 is 1.27 bits per heavy atom. The Hall–Kier alpha value is -0.920. The van der Waals surface area contributed by atoms with E-state index in [1.807, 2.05) is 0 Å². The second-order valence-electron chi connectivity index (χ2n) is 8.45. The molecule has 30 heavy (non-hydrogen) atoms. The van der Waals surface area contributed by atoms with Gasteiger partial charge in [0.2, 0.25) is 0 Å². The van der Waals surface area contributed by atoms with Crippen LogP contribution in [0.25, 0.3) is 21.9 Å². The Morgan fingerprint density at radius 3 is 1.83 bits per heavy atom. The molecule has 0 unspecified atom stereocenters. The monoisotopic (exact) mass is 528 g/mol. The molecular formula is C26H28Cl2SiZr. The number of hydrogen-bond acceptors (Lipinski definition) is 0. The third-order valence-corrected chi connectivity index (χ3v) is 10.4. The van der Waals surface area contributed by atoms with E-state index in [4.69, 9.17) is 17.0 Å². The molecule has 0 saturated heterocycles. The second-order valence-corrected chi connectivity index (χ2v) is 16.5. The Labute approximate surface area is 200 Å². The zero-order valence-corrected chi connectivity index (χ0v) is 23.5. The minimum absolute atomic E-state index is 0.826. The molecule has 0 aromatic heterocycles. The molecule has 0 aliphatic rings. The van der Waals surface area contributed by atoms with Crippen LogP contribution < -0.4 is 10.4 Å². The summed E-state index contributed by atoms with van der Waals surface area (Å²) in [5, 5.41) is 6.01. The van der Waals surface area contributed by atoms with E-state index < -0.39 is 28.9 Å². The summed E-state index contributed by atoms with van der Waals surface area (Å²) in [5.41, 5.74) is 8.65. The van der Waals surface area contributed by atoms with Gasteiger partial charge in [-0.3, -0.25) is 0 Å². The van der Waals surface area contributed by atoms with Crippen LogP contribution >= 0.6 is 17.0 Å². The van der Waals surface area contributed by atoms with Crippen LogP contribution in [-0.2, 0) is 20.8 Å². The van der Waals surface area contributed by atoms with Gasteiger partial charge in [0.05, 0.1) is 0 Å². The molecule has 154 valence electrons. The van der Waals surface area contributed by atoms with Gasteiger partial charge in [-0.1, -0.05) is 82.8 Å². The van der Waals surface area contributed by atoms with Crippen LogP contribution in [0.3, 0.4) is 0 Å². The topological polar surface area (TPSA) is 0 Å². The summed E-state index contributed by atoms with van der Waals surface area (Å²) in [6.07, 6.45) is 0. The van der Waals surface area contributed by atoms with E-state index >= 15 is 0 Å². The van der Waals surface area contributed by atoms with Crippen molar-refractivity contribution in [2.75, 3.05) is 0 Å². The molecule has 0 aliphatic heterocycles. The van der Waals surface area contributed by atoms with Gasteiger partial charge in [-0.15, -0.1) is 45.8 Å². The fourth-order valence-electron chi connectivity index (χ4n) is 4.92. The van der Waals surface area contributed by atoms with Crippen molar-refractivity contribution in [1.29, 1.82) is 0 Å². The van der Waals surface area contributed by atoms with Crippen LogP contribution in [0.5, 0.6) is 0 Å². The summed E-state index contributed by atoms with van der Waals surface area (Å²) in [6.45, 7) is 14.3. The van der Waals surface area contributed by atoms with Gasteiger partial charge in [0.25, 0.3) is 0 Å². The Balaban J connectivity index is 0.000000806. The average molecular weight is 531 g/mol. The van der Waals surface area contributed by atoms with Gasteiger partial charge >= 0.3 is 37.9 Å². The summed E-state index contributed by atoms with van der Waals surface area (Å²) in [4.78, 5) is 0. The molecule has 0 fully saturated rings.